The quantitative estimate of drug-likeness (QED) is 0.252. The van der Waals surface area contributed by atoms with Crippen molar-refractivity contribution in [3.8, 4) is 17.2 Å². The minimum absolute atomic E-state index is 0.0170. The van der Waals surface area contributed by atoms with Crippen molar-refractivity contribution in [2.45, 2.75) is 38.9 Å². The molecule has 39 heavy (non-hydrogen) atoms. The van der Waals surface area contributed by atoms with Gasteiger partial charge in [-0.25, -0.2) is 19.3 Å². The molecule has 9 nitrogen and oxygen atoms in total. The summed E-state index contributed by atoms with van der Waals surface area (Å²) in [6, 6.07) is 8.37. The molecule has 0 N–H and O–H groups in total. The molecule has 0 aliphatic rings. The molecule has 0 unspecified atom stereocenters. The molecule has 0 radical (unpaired) electrons. The van der Waals surface area contributed by atoms with Crippen LogP contribution >= 0.6 is 0 Å². The first-order valence-corrected chi connectivity index (χ1v) is 15.5. The van der Waals surface area contributed by atoms with Crippen LogP contribution < -0.4 is 19.9 Å². The van der Waals surface area contributed by atoms with E-state index in [-0.39, 0.29) is 22.0 Å². The molecule has 0 spiro atoms. The maximum Gasteiger partial charge on any atom is 0.265 e. The SMILES string of the molecule is COc1cc(OC)c(F)c(N(CCO[Si](C)(C)C(C)(C)C)c2ccc3ncn(-c4cncnc4)c(=O)c3c2)c1. The highest BCUT2D eigenvalue weighted by atomic mass is 28.4. The molecule has 11 heteroatoms. The Hall–Kier alpha value is -3.83. The molecule has 0 atom stereocenters. The van der Waals surface area contributed by atoms with Gasteiger partial charge < -0.3 is 18.8 Å². The smallest absolute Gasteiger partial charge is 0.265 e. The predicted octanol–water partition coefficient (Wildman–Crippen LogP) is 5.49. The topological polar surface area (TPSA) is 91.6 Å². The van der Waals surface area contributed by atoms with Crippen molar-refractivity contribution in [1.82, 2.24) is 19.5 Å². The Morgan fingerprint density at radius 2 is 1.77 bits per heavy atom. The number of methoxy groups -OCH3 is 2. The fourth-order valence-electron chi connectivity index (χ4n) is 3.90. The molecule has 0 amide bonds. The van der Waals surface area contributed by atoms with Crippen LogP contribution in [0.2, 0.25) is 18.1 Å². The Morgan fingerprint density at radius 3 is 2.41 bits per heavy atom. The molecule has 0 aliphatic carbocycles. The van der Waals surface area contributed by atoms with E-state index in [9.17, 15) is 4.79 Å². The summed E-state index contributed by atoms with van der Waals surface area (Å²) < 4.78 is 34.2. The zero-order valence-corrected chi connectivity index (χ0v) is 24.4. The largest absolute Gasteiger partial charge is 0.497 e. The van der Waals surface area contributed by atoms with Crippen molar-refractivity contribution in [1.29, 1.82) is 0 Å². The lowest BCUT2D eigenvalue weighted by molar-refractivity contribution is 0.296. The summed E-state index contributed by atoms with van der Waals surface area (Å²) in [6.07, 6.45) is 5.91. The number of benzene rings is 2. The van der Waals surface area contributed by atoms with Crippen molar-refractivity contribution in [3.05, 3.63) is 71.6 Å². The molecule has 0 fully saturated rings. The van der Waals surface area contributed by atoms with Crippen molar-refractivity contribution >= 4 is 30.6 Å². The molecule has 2 aromatic carbocycles. The third kappa shape index (κ3) is 5.79. The highest BCUT2D eigenvalue weighted by Crippen LogP contribution is 2.39. The first kappa shape index (κ1) is 28.2. The normalized spacial score (nSPS) is 12.0. The van der Waals surface area contributed by atoms with E-state index in [1.165, 1.54) is 49.9 Å². The molecule has 2 heterocycles. The third-order valence-electron chi connectivity index (χ3n) is 7.20. The van der Waals surface area contributed by atoms with Crippen LogP contribution in [-0.4, -0.2) is 55.2 Å². The van der Waals surface area contributed by atoms with Crippen molar-refractivity contribution in [2.24, 2.45) is 0 Å². The number of hydrogen-bond donors (Lipinski definition) is 0. The summed E-state index contributed by atoms with van der Waals surface area (Å²) >= 11 is 0. The number of halogens is 1. The average Bonchev–Trinajstić information content (AvgIpc) is 2.91. The molecular formula is C28H34FN5O4Si. The summed E-state index contributed by atoms with van der Waals surface area (Å²) in [5, 5.41) is 0.382. The fraction of sp³-hybridized carbons (Fsp3) is 0.357. The van der Waals surface area contributed by atoms with E-state index in [2.05, 4.69) is 48.8 Å². The zero-order valence-electron chi connectivity index (χ0n) is 23.4. The van der Waals surface area contributed by atoms with Gasteiger partial charge in [0.25, 0.3) is 5.56 Å². The van der Waals surface area contributed by atoms with E-state index < -0.39 is 14.1 Å². The first-order valence-electron chi connectivity index (χ1n) is 12.6. The molecular weight excluding hydrogens is 517 g/mol. The second kappa shape index (κ2) is 11.1. The monoisotopic (exact) mass is 551 g/mol. The number of anilines is 2. The second-order valence-electron chi connectivity index (χ2n) is 10.6. The Kier molecular flexibility index (Phi) is 8.03. The highest BCUT2D eigenvalue weighted by molar-refractivity contribution is 6.74. The van der Waals surface area contributed by atoms with Crippen LogP contribution in [0.3, 0.4) is 0 Å². The van der Waals surface area contributed by atoms with Gasteiger partial charge >= 0.3 is 0 Å². The van der Waals surface area contributed by atoms with E-state index >= 15 is 4.39 Å². The van der Waals surface area contributed by atoms with Crippen molar-refractivity contribution in [3.63, 3.8) is 0 Å². The van der Waals surface area contributed by atoms with Crippen molar-refractivity contribution < 1.29 is 18.3 Å². The summed E-state index contributed by atoms with van der Waals surface area (Å²) in [7, 11) is 0.854. The van der Waals surface area contributed by atoms with Gasteiger partial charge in [-0.2, -0.15) is 0 Å². The molecule has 206 valence electrons. The Balaban J connectivity index is 1.83. The minimum atomic E-state index is -2.07. The van der Waals surface area contributed by atoms with Crippen LogP contribution in [0.4, 0.5) is 15.8 Å². The zero-order chi connectivity index (χ0) is 28.4. The van der Waals surface area contributed by atoms with Gasteiger partial charge in [0.15, 0.2) is 19.9 Å². The van der Waals surface area contributed by atoms with Gasteiger partial charge in [-0.3, -0.25) is 9.36 Å². The first-order chi connectivity index (χ1) is 18.5. The predicted molar refractivity (Wildman–Crippen MR) is 153 cm³/mol. The summed E-state index contributed by atoms with van der Waals surface area (Å²) in [4.78, 5) is 27.7. The molecule has 0 saturated carbocycles. The van der Waals surface area contributed by atoms with Gasteiger partial charge in [0, 0.05) is 24.4 Å². The number of aromatic nitrogens is 4. The van der Waals surface area contributed by atoms with Gasteiger partial charge in [-0.15, -0.1) is 0 Å². The molecule has 4 aromatic rings. The number of ether oxygens (including phenoxy) is 2. The average molecular weight is 552 g/mol. The van der Waals surface area contributed by atoms with E-state index in [0.717, 1.165) is 0 Å². The summed E-state index contributed by atoms with van der Waals surface area (Å²) in [5.74, 6) is -0.0586. The molecule has 0 saturated heterocycles. The van der Waals surface area contributed by atoms with Crippen LogP contribution in [-0.2, 0) is 4.43 Å². The number of hydrogen-bond acceptors (Lipinski definition) is 8. The van der Waals surface area contributed by atoms with E-state index in [1.807, 2.05) is 6.07 Å². The van der Waals surface area contributed by atoms with E-state index in [1.54, 1.807) is 23.1 Å². The number of nitrogens with zero attached hydrogens (tertiary/aromatic N) is 5. The van der Waals surface area contributed by atoms with Crippen LogP contribution in [0, 0.1) is 5.82 Å². The van der Waals surface area contributed by atoms with Gasteiger partial charge in [0.2, 0.25) is 0 Å². The maximum atomic E-state index is 15.7. The van der Waals surface area contributed by atoms with Gasteiger partial charge in [0.05, 0.1) is 55.5 Å². The Bertz CT molecular complexity index is 1520. The van der Waals surface area contributed by atoms with Crippen molar-refractivity contribution in [2.75, 3.05) is 32.3 Å². The lowest BCUT2D eigenvalue weighted by atomic mass is 10.1. The molecule has 4 rings (SSSR count). The van der Waals surface area contributed by atoms with Crippen LogP contribution in [0.15, 0.2) is 60.2 Å². The molecule has 2 aromatic heterocycles. The minimum Gasteiger partial charge on any atom is -0.497 e. The van der Waals surface area contributed by atoms with Gasteiger partial charge in [0.1, 0.15) is 18.4 Å². The van der Waals surface area contributed by atoms with Crippen LogP contribution in [0.5, 0.6) is 11.5 Å². The summed E-state index contributed by atoms with van der Waals surface area (Å²) in [5.41, 5.74) is 1.54. The lowest BCUT2D eigenvalue weighted by Crippen LogP contribution is -2.42. The Labute approximate surface area is 228 Å². The number of rotatable bonds is 9. The highest BCUT2D eigenvalue weighted by Gasteiger charge is 2.37. The van der Waals surface area contributed by atoms with E-state index in [0.29, 0.717) is 41.2 Å². The molecule has 0 bridgehead atoms. The molecule has 0 aliphatic heterocycles. The summed E-state index contributed by atoms with van der Waals surface area (Å²) in [6.45, 7) is 11.5. The third-order valence-corrected chi connectivity index (χ3v) is 11.7. The lowest BCUT2D eigenvalue weighted by Gasteiger charge is -2.37. The van der Waals surface area contributed by atoms with Gasteiger partial charge in [-0.1, -0.05) is 20.8 Å². The standard InChI is InChI=1S/C28H34FN5O4Si/c1-28(2,3)39(6,7)38-11-10-33(24-13-21(36-4)14-25(37-5)26(24)29)19-8-9-23-22(12-19)27(35)34(18-32-23)20-15-30-17-31-16-20/h8-9,12-18H,10-11H2,1-7H3. The maximum absolute atomic E-state index is 15.7. The van der Waals surface area contributed by atoms with Gasteiger partial charge in [-0.05, 0) is 36.3 Å². The second-order valence-corrected chi connectivity index (χ2v) is 15.5. The fourth-order valence-corrected chi connectivity index (χ4v) is 4.93. The Morgan fingerprint density at radius 1 is 1.05 bits per heavy atom. The van der Waals surface area contributed by atoms with Crippen LogP contribution in [0.25, 0.3) is 16.6 Å². The van der Waals surface area contributed by atoms with E-state index in [4.69, 9.17) is 13.9 Å². The number of fused-ring (bicyclic) bond motifs is 1. The van der Waals surface area contributed by atoms with Crippen LogP contribution in [0.1, 0.15) is 20.8 Å².